The molecule has 0 aromatic rings. The summed E-state index contributed by atoms with van der Waals surface area (Å²) in [5.41, 5.74) is -0.456. The Morgan fingerprint density at radius 1 is 1.05 bits per heavy atom. The van der Waals surface area contributed by atoms with E-state index in [4.69, 9.17) is 9.42 Å². The highest BCUT2D eigenvalue weighted by Crippen LogP contribution is 2.38. The van der Waals surface area contributed by atoms with Crippen molar-refractivity contribution < 1.29 is 14.0 Å². The summed E-state index contributed by atoms with van der Waals surface area (Å²) in [6.07, 6.45) is 11.6. The van der Waals surface area contributed by atoms with E-state index < -0.39 is 13.9 Å². The average molecular weight is 305 g/mol. The molecule has 0 spiro atoms. The van der Waals surface area contributed by atoms with Crippen molar-refractivity contribution >= 4 is 8.25 Å². The molecular formula is C16H34O3P+. The summed E-state index contributed by atoms with van der Waals surface area (Å²) in [5.74, 6) is 0.326. The Balaban J connectivity index is 4.30. The Morgan fingerprint density at radius 2 is 1.60 bits per heavy atom. The van der Waals surface area contributed by atoms with Crippen LogP contribution in [0.5, 0.6) is 0 Å². The molecule has 0 aromatic heterocycles. The van der Waals surface area contributed by atoms with Crippen LogP contribution in [0.2, 0.25) is 0 Å². The molecule has 0 aromatic carbocycles. The van der Waals surface area contributed by atoms with Gasteiger partial charge in [-0.1, -0.05) is 72.1 Å². The van der Waals surface area contributed by atoms with Crippen LogP contribution in [0, 0.1) is 5.92 Å². The zero-order valence-corrected chi connectivity index (χ0v) is 14.8. The van der Waals surface area contributed by atoms with Crippen LogP contribution in [0.15, 0.2) is 0 Å². The highest BCUT2D eigenvalue weighted by Gasteiger charge is 2.39. The smallest absolute Gasteiger partial charge is 0.133 e. The highest BCUT2D eigenvalue weighted by molar-refractivity contribution is 7.32. The zero-order chi connectivity index (χ0) is 15.4. The SMILES string of the molecule is CCCCCCC(C)C(C)(CCCCCC)O[P+](=O)O. The van der Waals surface area contributed by atoms with Crippen molar-refractivity contribution in [2.75, 3.05) is 0 Å². The fourth-order valence-corrected chi connectivity index (χ4v) is 3.27. The molecule has 0 aliphatic rings. The second-order valence-corrected chi connectivity index (χ2v) is 6.86. The van der Waals surface area contributed by atoms with Gasteiger partial charge in [0.25, 0.3) is 0 Å². The normalized spacial score (nSPS) is 16.8. The molecule has 3 nitrogen and oxygen atoms in total. The molecular weight excluding hydrogens is 271 g/mol. The van der Waals surface area contributed by atoms with Crippen LogP contribution in [0.4, 0.5) is 0 Å². The van der Waals surface area contributed by atoms with Gasteiger partial charge in [-0.05, 0) is 25.7 Å². The van der Waals surface area contributed by atoms with E-state index >= 15 is 0 Å². The van der Waals surface area contributed by atoms with E-state index in [0.29, 0.717) is 5.92 Å². The van der Waals surface area contributed by atoms with Crippen molar-refractivity contribution in [1.82, 2.24) is 0 Å². The number of hydrogen-bond donors (Lipinski definition) is 1. The third-order valence-corrected chi connectivity index (χ3v) is 4.92. The van der Waals surface area contributed by atoms with Crippen LogP contribution in [0.1, 0.15) is 91.9 Å². The first kappa shape index (κ1) is 20.0. The van der Waals surface area contributed by atoms with Crippen LogP contribution >= 0.6 is 8.25 Å². The molecule has 0 heterocycles. The number of unbranched alkanes of at least 4 members (excludes halogenated alkanes) is 6. The van der Waals surface area contributed by atoms with Gasteiger partial charge < -0.3 is 0 Å². The third kappa shape index (κ3) is 9.05. The summed E-state index contributed by atoms with van der Waals surface area (Å²) in [6.45, 7) is 8.56. The van der Waals surface area contributed by atoms with E-state index in [-0.39, 0.29) is 0 Å². The van der Waals surface area contributed by atoms with E-state index in [1.165, 1.54) is 44.9 Å². The average Bonchev–Trinajstić information content (AvgIpc) is 2.38. The predicted octanol–water partition coefficient (Wildman–Crippen LogP) is 5.99. The lowest BCUT2D eigenvalue weighted by atomic mass is 9.82. The van der Waals surface area contributed by atoms with Gasteiger partial charge in [-0.3, -0.25) is 0 Å². The lowest BCUT2D eigenvalue weighted by Crippen LogP contribution is -2.34. The van der Waals surface area contributed by atoms with Gasteiger partial charge >= 0.3 is 8.25 Å². The maximum absolute atomic E-state index is 11.1. The van der Waals surface area contributed by atoms with Crippen molar-refractivity contribution in [3.63, 3.8) is 0 Å². The van der Waals surface area contributed by atoms with Gasteiger partial charge in [0.05, 0.1) is 0 Å². The van der Waals surface area contributed by atoms with E-state index in [9.17, 15) is 4.57 Å². The van der Waals surface area contributed by atoms with Gasteiger partial charge in [0.2, 0.25) is 0 Å². The topological polar surface area (TPSA) is 46.5 Å². The maximum Gasteiger partial charge on any atom is 0.695 e. The molecule has 0 saturated carbocycles. The zero-order valence-electron chi connectivity index (χ0n) is 13.9. The Hall–Kier alpha value is 0.0200. The van der Waals surface area contributed by atoms with Crippen molar-refractivity contribution in [3.8, 4) is 0 Å². The molecule has 1 N–H and O–H groups in total. The van der Waals surface area contributed by atoms with Gasteiger partial charge in [0, 0.05) is 4.57 Å². The van der Waals surface area contributed by atoms with Gasteiger partial charge in [-0.15, -0.1) is 9.42 Å². The summed E-state index contributed by atoms with van der Waals surface area (Å²) < 4.78 is 16.5. The standard InChI is InChI=1S/C16H33O3P/c1-5-7-9-11-13-15(3)16(4,19-20(17)18)14-12-10-8-6-2/h15H,5-14H2,1-4H3/p+1. The number of hydrogen-bond acceptors (Lipinski definition) is 2. The molecule has 4 heteroatoms. The van der Waals surface area contributed by atoms with Crippen LogP contribution in [0.3, 0.4) is 0 Å². The van der Waals surface area contributed by atoms with E-state index in [0.717, 1.165) is 19.3 Å². The lowest BCUT2D eigenvalue weighted by Gasteiger charge is -2.30. The minimum absolute atomic E-state index is 0.326. The monoisotopic (exact) mass is 305 g/mol. The second kappa shape index (κ2) is 11.7. The van der Waals surface area contributed by atoms with Crippen LogP contribution in [-0.2, 0) is 9.09 Å². The molecule has 0 bridgehead atoms. The predicted molar refractivity (Wildman–Crippen MR) is 86.0 cm³/mol. The van der Waals surface area contributed by atoms with Crippen LogP contribution in [0.25, 0.3) is 0 Å². The summed E-state index contributed by atoms with van der Waals surface area (Å²) in [4.78, 5) is 9.14. The third-order valence-electron chi connectivity index (χ3n) is 4.35. The largest absolute Gasteiger partial charge is 0.695 e. The molecule has 0 aliphatic heterocycles. The summed E-state index contributed by atoms with van der Waals surface area (Å²) in [5, 5.41) is 0. The highest BCUT2D eigenvalue weighted by atomic mass is 31.1. The molecule has 0 amide bonds. The van der Waals surface area contributed by atoms with Crippen molar-refractivity contribution in [2.45, 2.75) is 97.5 Å². The molecule has 120 valence electrons. The van der Waals surface area contributed by atoms with Crippen molar-refractivity contribution in [2.24, 2.45) is 5.92 Å². The fourth-order valence-electron chi connectivity index (χ4n) is 2.65. The first-order valence-corrected chi connectivity index (χ1v) is 9.44. The molecule has 0 rings (SSSR count). The van der Waals surface area contributed by atoms with Gasteiger partial charge in [-0.2, -0.15) is 0 Å². The quantitative estimate of drug-likeness (QED) is 0.336. The molecule has 0 radical (unpaired) electrons. The molecule has 0 aliphatic carbocycles. The molecule has 0 fully saturated rings. The van der Waals surface area contributed by atoms with E-state index in [1.807, 2.05) is 6.92 Å². The second-order valence-electron chi connectivity index (χ2n) is 6.20. The van der Waals surface area contributed by atoms with Gasteiger partial charge in [-0.25, -0.2) is 0 Å². The summed E-state index contributed by atoms with van der Waals surface area (Å²) in [7, 11) is -2.52. The Morgan fingerprint density at radius 3 is 2.10 bits per heavy atom. The first-order chi connectivity index (χ1) is 9.46. The summed E-state index contributed by atoms with van der Waals surface area (Å²) >= 11 is 0. The van der Waals surface area contributed by atoms with Gasteiger partial charge in [0.1, 0.15) is 5.60 Å². The van der Waals surface area contributed by atoms with Crippen LogP contribution < -0.4 is 0 Å². The van der Waals surface area contributed by atoms with Gasteiger partial charge in [0.15, 0.2) is 0 Å². The molecule has 3 atom stereocenters. The maximum atomic E-state index is 11.1. The number of rotatable bonds is 13. The van der Waals surface area contributed by atoms with Crippen molar-refractivity contribution in [1.29, 1.82) is 0 Å². The molecule has 3 unspecified atom stereocenters. The Bertz CT molecular complexity index is 258. The fraction of sp³-hybridized carbons (Fsp3) is 1.00. The molecule has 20 heavy (non-hydrogen) atoms. The van der Waals surface area contributed by atoms with E-state index in [2.05, 4.69) is 20.8 Å². The first-order valence-electron chi connectivity index (χ1n) is 8.31. The van der Waals surface area contributed by atoms with E-state index in [1.54, 1.807) is 0 Å². The van der Waals surface area contributed by atoms with Crippen LogP contribution in [-0.4, -0.2) is 10.5 Å². The minimum atomic E-state index is -2.52. The molecule has 0 saturated heterocycles. The Kier molecular flexibility index (Phi) is 11.7. The minimum Gasteiger partial charge on any atom is -0.133 e. The van der Waals surface area contributed by atoms with Crippen molar-refractivity contribution in [3.05, 3.63) is 0 Å². The lowest BCUT2D eigenvalue weighted by molar-refractivity contribution is 0.0153. The Labute approximate surface area is 126 Å². The summed E-state index contributed by atoms with van der Waals surface area (Å²) in [6, 6.07) is 0.